The average Bonchev–Trinajstić information content (AvgIpc) is 2.17. The molecule has 0 bridgehead atoms. The lowest BCUT2D eigenvalue weighted by atomic mass is 10.2. The van der Waals surface area contributed by atoms with Crippen LogP contribution in [-0.4, -0.2) is 43.4 Å². The highest BCUT2D eigenvalue weighted by atomic mass is 16.5. The summed E-state index contributed by atoms with van der Waals surface area (Å²) in [5, 5.41) is 10.9. The Labute approximate surface area is 83.6 Å². The first-order valence-electron chi connectivity index (χ1n) is 4.37. The number of carbonyl (C=O) groups excluding carboxylic acids is 1. The minimum absolute atomic E-state index is 0.0233. The second kappa shape index (κ2) is 8.51. The topological polar surface area (TPSA) is 84.6 Å². The van der Waals surface area contributed by atoms with Crippen molar-refractivity contribution in [2.24, 2.45) is 5.73 Å². The van der Waals surface area contributed by atoms with E-state index in [2.05, 4.69) is 11.2 Å². The molecule has 80 valence electrons. The van der Waals surface area contributed by atoms with Gasteiger partial charge in [0.2, 0.25) is 5.91 Å². The molecule has 0 saturated heterocycles. The molecule has 0 aromatic carbocycles. The third-order valence-electron chi connectivity index (χ3n) is 1.46. The molecule has 4 N–H and O–H groups in total. The lowest BCUT2D eigenvalue weighted by molar-refractivity contribution is -0.122. The number of carbonyl (C=O) groups is 1. The molecule has 1 amide bonds. The van der Waals surface area contributed by atoms with Crippen LogP contribution >= 0.6 is 0 Å². The Balaban J connectivity index is 3.40. The monoisotopic (exact) mass is 200 g/mol. The molecule has 1 unspecified atom stereocenters. The molecule has 0 fully saturated rings. The molecule has 1 atom stereocenters. The van der Waals surface area contributed by atoms with Gasteiger partial charge in [-0.15, -0.1) is 12.3 Å². The SMILES string of the molecule is C#CCC(N)C(=O)NCCOCCO. The highest BCUT2D eigenvalue weighted by Crippen LogP contribution is 1.85. The Kier molecular flexibility index (Phi) is 7.84. The minimum atomic E-state index is -0.655. The first-order chi connectivity index (χ1) is 6.72. The van der Waals surface area contributed by atoms with Gasteiger partial charge in [0.15, 0.2) is 0 Å². The van der Waals surface area contributed by atoms with E-state index in [-0.39, 0.29) is 25.5 Å². The molecular formula is C9H16N2O3. The average molecular weight is 200 g/mol. The maximum absolute atomic E-state index is 11.1. The zero-order valence-corrected chi connectivity index (χ0v) is 8.03. The van der Waals surface area contributed by atoms with Crippen LogP contribution in [0.5, 0.6) is 0 Å². The van der Waals surface area contributed by atoms with Crippen molar-refractivity contribution in [1.29, 1.82) is 0 Å². The van der Waals surface area contributed by atoms with Gasteiger partial charge in [-0.3, -0.25) is 4.79 Å². The largest absolute Gasteiger partial charge is 0.394 e. The van der Waals surface area contributed by atoms with E-state index in [4.69, 9.17) is 22.0 Å². The first-order valence-corrected chi connectivity index (χ1v) is 4.37. The van der Waals surface area contributed by atoms with E-state index in [0.29, 0.717) is 13.2 Å². The van der Waals surface area contributed by atoms with Crippen molar-refractivity contribution in [3.05, 3.63) is 0 Å². The number of nitrogens with two attached hydrogens (primary N) is 1. The third kappa shape index (κ3) is 6.43. The normalized spacial score (nSPS) is 11.8. The summed E-state index contributed by atoms with van der Waals surface area (Å²) in [6.07, 6.45) is 5.22. The fraction of sp³-hybridized carbons (Fsp3) is 0.667. The fourth-order valence-corrected chi connectivity index (χ4v) is 0.764. The van der Waals surface area contributed by atoms with Gasteiger partial charge < -0.3 is 20.9 Å². The summed E-state index contributed by atoms with van der Waals surface area (Å²) in [5.41, 5.74) is 5.43. The molecule has 5 heteroatoms. The quantitative estimate of drug-likeness (QED) is 0.343. The molecule has 0 rings (SSSR count). The standard InChI is InChI=1S/C9H16N2O3/c1-2-3-8(10)9(13)11-4-6-14-7-5-12/h1,8,12H,3-7,10H2,(H,11,13). The Bertz CT molecular complexity index is 201. The third-order valence-corrected chi connectivity index (χ3v) is 1.46. The van der Waals surface area contributed by atoms with Gasteiger partial charge in [0.05, 0.1) is 25.9 Å². The highest BCUT2D eigenvalue weighted by Gasteiger charge is 2.10. The van der Waals surface area contributed by atoms with E-state index < -0.39 is 6.04 Å². The van der Waals surface area contributed by atoms with Crippen molar-refractivity contribution in [1.82, 2.24) is 5.32 Å². The zero-order valence-electron chi connectivity index (χ0n) is 8.03. The number of aliphatic hydroxyl groups excluding tert-OH is 1. The van der Waals surface area contributed by atoms with Crippen molar-refractivity contribution >= 4 is 5.91 Å². The van der Waals surface area contributed by atoms with Crippen LogP contribution in [0.3, 0.4) is 0 Å². The molecule has 0 saturated carbocycles. The van der Waals surface area contributed by atoms with Gasteiger partial charge in [-0.1, -0.05) is 0 Å². The van der Waals surface area contributed by atoms with Gasteiger partial charge in [-0.2, -0.15) is 0 Å². The number of amides is 1. The van der Waals surface area contributed by atoms with Crippen LogP contribution < -0.4 is 11.1 Å². The van der Waals surface area contributed by atoms with Gasteiger partial charge in [-0.25, -0.2) is 0 Å². The Hall–Kier alpha value is -1.09. The summed E-state index contributed by atoms with van der Waals surface area (Å²) in [6, 6.07) is -0.655. The molecule has 0 aromatic heterocycles. The lowest BCUT2D eigenvalue weighted by Crippen LogP contribution is -2.41. The molecular weight excluding hydrogens is 184 g/mol. The lowest BCUT2D eigenvalue weighted by Gasteiger charge is -2.09. The van der Waals surface area contributed by atoms with Crippen LogP contribution in [0.4, 0.5) is 0 Å². The molecule has 0 aliphatic carbocycles. The fourth-order valence-electron chi connectivity index (χ4n) is 0.764. The van der Waals surface area contributed by atoms with Crippen LogP contribution in [0.2, 0.25) is 0 Å². The zero-order chi connectivity index (χ0) is 10.8. The summed E-state index contributed by atoms with van der Waals surface area (Å²) in [7, 11) is 0. The minimum Gasteiger partial charge on any atom is -0.394 e. The van der Waals surface area contributed by atoms with Gasteiger partial charge in [0.25, 0.3) is 0 Å². The molecule has 0 aliphatic rings. The van der Waals surface area contributed by atoms with E-state index in [1.165, 1.54) is 0 Å². The molecule has 0 aliphatic heterocycles. The maximum atomic E-state index is 11.1. The second-order valence-electron chi connectivity index (χ2n) is 2.64. The van der Waals surface area contributed by atoms with Crippen LogP contribution in [0.1, 0.15) is 6.42 Å². The number of hydrogen-bond donors (Lipinski definition) is 3. The molecule has 14 heavy (non-hydrogen) atoms. The van der Waals surface area contributed by atoms with Gasteiger partial charge >= 0.3 is 0 Å². The van der Waals surface area contributed by atoms with Crippen molar-refractivity contribution in [3.63, 3.8) is 0 Å². The molecule has 0 aromatic rings. The van der Waals surface area contributed by atoms with Crippen molar-refractivity contribution in [3.8, 4) is 12.3 Å². The van der Waals surface area contributed by atoms with Crippen molar-refractivity contribution < 1.29 is 14.6 Å². The number of aliphatic hydroxyl groups is 1. The van der Waals surface area contributed by atoms with Crippen molar-refractivity contribution in [2.75, 3.05) is 26.4 Å². The van der Waals surface area contributed by atoms with Crippen LogP contribution in [0, 0.1) is 12.3 Å². The Morgan fingerprint density at radius 3 is 2.93 bits per heavy atom. The summed E-state index contributed by atoms with van der Waals surface area (Å²) >= 11 is 0. The molecule has 0 spiro atoms. The smallest absolute Gasteiger partial charge is 0.237 e. The number of ether oxygens (including phenoxy) is 1. The second-order valence-corrected chi connectivity index (χ2v) is 2.64. The van der Waals surface area contributed by atoms with Gasteiger partial charge in [-0.05, 0) is 0 Å². The summed E-state index contributed by atoms with van der Waals surface area (Å²) in [5.74, 6) is 2.03. The number of hydrogen-bond acceptors (Lipinski definition) is 4. The molecule has 0 heterocycles. The number of terminal acetylenes is 1. The summed E-state index contributed by atoms with van der Waals surface area (Å²) in [6.45, 7) is 0.975. The predicted molar refractivity (Wildman–Crippen MR) is 52.3 cm³/mol. The first kappa shape index (κ1) is 12.9. The number of rotatable bonds is 7. The van der Waals surface area contributed by atoms with Crippen LogP contribution in [0.15, 0.2) is 0 Å². The van der Waals surface area contributed by atoms with Crippen molar-refractivity contribution in [2.45, 2.75) is 12.5 Å². The van der Waals surface area contributed by atoms with E-state index in [1.54, 1.807) is 0 Å². The highest BCUT2D eigenvalue weighted by molar-refractivity contribution is 5.81. The van der Waals surface area contributed by atoms with E-state index >= 15 is 0 Å². The predicted octanol–water partition coefficient (Wildman–Crippen LogP) is -1.54. The maximum Gasteiger partial charge on any atom is 0.237 e. The van der Waals surface area contributed by atoms with E-state index in [0.717, 1.165) is 0 Å². The Morgan fingerprint density at radius 2 is 2.36 bits per heavy atom. The van der Waals surface area contributed by atoms with Gasteiger partial charge in [0.1, 0.15) is 0 Å². The Morgan fingerprint density at radius 1 is 1.64 bits per heavy atom. The van der Waals surface area contributed by atoms with E-state index in [1.807, 2.05) is 0 Å². The molecule has 0 radical (unpaired) electrons. The number of nitrogens with one attached hydrogen (secondary N) is 1. The van der Waals surface area contributed by atoms with Gasteiger partial charge in [0, 0.05) is 13.0 Å². The van der Waals surface area contributed by atoms with E-state index in [9.17, 15) is 4.79 Å². The summed E-state index contributed by atoms with van der Waals surface area (Å²) < 4.78 is 4.93. The van der Waals surface area contributed by atoms with Crippen LogP contribution in [-0.2, 0) is 9.53 Å². The van der Waals surface area contributed by atoms with Crippen LogP contribution in [0.25, 0.3) is 0 Å². The summed E-state index contributed by atoms with van der Waals surface area (Å²) in [4.78, 5) is 11.1. The molecule has 5 nitrogen and oxygen atoms in total.